The highest BCUT2D eigenvalue weighted by Gasteiger charge is 2.31. The first-order valence-corrected chi connectivity index (χ1v) is 11.1. The average molecular weight is 423 g/mol. The Bertz CT molecular complexity index is 1120. The maximum atomic E-state index is 13.1. The molecule has 0 saturated carbocycles. The van der Waals surface area contributed by atoms with Gasteiger partial charge in [-0.05, 0) is 62.1 Å². The average Bonchev–Trinajstić information content (AvgIpc) is 3.15. The molecule has 1 N–H and O–H groups in total. The zero-order valence-corrected chi connectivity index (χ0v) is 17.5. The maximum Gasteiger partial charge on any atom is 0.326 e. The lowest BCUT2D eigenvalue weighted by Crippen LogP contribution is -2.49. The van der Waals surface area contributed by atoms with Crippen LogP contribution >= 0.6 is 0 Å². The number of rotatable bonds is 3. The van der Waals surface area contributed by atoms with Crippen molar-refractivity contribution in [1.29, 1.82) is 0 Å². The highest BCUT2D eigenvalue weighted by Crippen LogP contribution is 2.28. The fourth-order valence-corrected chi connectivity index (χ4v) is 5.16. The Hall–Kier alpha value is -2.93. The predicted octanol–water partition coefficient (Wildman–Crippen LogP) is 3.41. The van der Waals surface area contributed by atoms with E-state index < -0.39 is 0 Å². The van der Waals surface area contributed by atoms with E-state index in [9.17, 15) is 14.0 Å². The molecule has 162 valence electrons. The summed E-state index contributed by atoms with van der Waals surface area (Å²) in [5, 5.41) is 0. The number of piperidine rings is 2. The standard InChI is InChI=1S/C24H27FN4O2/c25-18-7-5-17(6-8-18)23(30)28-15-9-19(10-16-28)27-13-11-20(12-14-27)29-22-4-2-1-3-21(22)26-24(29)31/h1-8,19-20H,9-16H2,(H,26,31). The van der Waals surface area contributed by atoms with Gasteiger partial charge in [0.05, 0.1) is 11.0 Å². The Kier molecular flexibility index (Phi) is 5.36. The molecule has 0 radical (unpaired) electrons. The number of imidazole rings is 1. The van der Waals surface area contributed by atoms with Crippen LogP contribution in [0.15, 0.2) is 53.3 Å². The number of nitrogens with one attached hydrogen (secondary N) is 1. The molecule has 2 aliphatic heterocycles. The van der Waals surface area contributed by atoms with Crippen molar-refractivity contribution in [1.82, 2.24) is 19.4 Å². The monoisotopic (exact) mass is 422 g/mol. The minimum Gasteiger partial charge on any atom is -0.339 e. The Morgan fingerprint density at radius 1 is 0.871 bits per heavy atom. The summed E-state index contributed by atoms with van der Waals surface area (Å²) in [5.74, 6) is -0.343. The number of hydrogen-bond donors (Lipinski definition) is 1. The molecule has 2 aromatic carbocycles. The Labute approximate surface area is 180 Å². The second kappa shape index (κ2) is 8.30. The van der Waals surface area contributed by atoms with E-state index in [0.717, 1.165) is 62.9 Å². The lowest BCUT2D eigenvalue weighted by molar-refractivity contribution is 0.0558. The smallest absolute Gasteiger partial charge is 0.326 e. The minimum absolute atomic E-state index is 0.0177. The van der Waals surface area contributed by atoms with Crippen LogP contribution in [-0.2, 0) is 0 Å². The second-order valence-corrected chi connectivity index (χ2v) is 8.61. The van der Waals surface area contributed by atoms with E-state index in [1.165, 1.54) is 12.1 Å². The number of benzene rings is 2. The molecule has 0 atom stereocenters. The third-order valence-electron chi connectivity index (χ3n) is 6.85. The summed E-state index contributed by atoms with van der Waals surface area (Å²) in [4.78, 5) is 32.5. The van der Waals surface area contributed by atoms with Crippen LogP contribution in [0.5, 0.6) is 0 Å². The number of aromatic amines is 1. The number of para-hydroxylation sites is 2. The van der Waals surface area contributed by atoms with Crippen molar-refractivity contribution in [2.24, 2.45) is 0 Å². The summed E-state index contributed by atoms with van der Waals surface area (Å²) in [7, 11) is 0. The maximum absolute atomic E-state index is 13.1. The zero-order valence-electron chi connectivity index (χ0n) is 17.5. The van der Waals surface area contributed by atoms with Crippen molar-refractivity contribution in [2.75, 3.05) is 26.2 Å². The van der Waals surface area contributed by atoms with Crippen molar-refractivity contribution in [3.05, 3.63) is 70.4 Å². The first-order chi connectivity index (χ1) is 15.1. The Morgan fingerprint density at radius 2 is 1.52 bits per heavy atom. The second-order valence-electron chi connectivity index (χ2n) is 8.61. The molecule has 2 saturated heterocycles. The third kappa shape index (κ3) is 3.90. The summed E-state index contributed by atoms with van der Waals surface area (Å²) in [5.41, 5.74) is 2.41. The van der Waals surface area contributed by atoms with Crippen LogP contribution in [0.25, 0.3) is 11.0 Å². The molecular formula is C24H27FN4O2. The molecular weight excluding hydrogens is 395 g/mol. The lowest BCUT2D eigenvalue weighted by atomic mass is 9.97. The first kappa shape index (κ1) is 20.0. The van der Waals surface area contributed by atoms with E-state index >= 15 is 0 Å². The molecule has 3 aromatic rings. The van der Waals surface area contributed by atoms with E-state index in [4.69, 9.17) is 0 Å². The van der Waals surface area contributed by atoms with Crippen molar-refractivity contribution in [3.63, 3.8) is 0 Å². The number of hydrogen-bond acceptors (Lipinski definition) is 3. The number of amides is 1. The van der Waals surface area contributed by atoms with Crippen LogP contribution in [0.3, 0.4) is 0 Å². The molecule has 0 unspecified atom stereocenters. The van der Waals surface area contributed by atoms with Gasteiger partial charge < -0.3 is 14.8 Å². The van der Waals surface area contributed by atoms with Gasteiger partial charge in [0.25, 0.3) is 5.91 Å². The minimum atomic E-state index is -0.325. The van der Waals surface area contributed by atoms with Crippen LogP contribution in [0.1, 0.15) is 42.1 Å². The molecule has 1 aromatic heterocycles. The van der Waals surface area contributed by atoms with Crippen LogP contribution in [0.4, 0.5) is 4.39 Å². The number of likely N-dealkylation sites (tertiary alicyclic amines) is 2. The fraction of sp³-hybridized carbons (Fsp3) is 0.417. The Balaban J connectivity index is 1.18. The van der Waals surface area contributed by atoms with Crippen molar-refractivity contribution in [2.45, 2.75) is 37.8 Å². The van der Waals surface area contributed by atoms with Crippen molar-refractivity contribution < 1.29 is 9.18 Å². The van der Waals surface area contributed by atoms with E-state index in [0.29, 0.717) is 11.6 Å². The van der Waals surface area contributed by atoms with Gasteiger partial charge in [-0.15, -0.1) is 0 Å². The van der Waals surface area contributed by atoms with Gasteiger partial charge >= 0.3 is 5.69 Å². The number of H-pyrrole nitrogens is 1. The first-order valence-electron chi connectivity index (χ1n) is 11.1. The van der Waals surface area contributed by atoms with Gasteiger partial charge in [-0.25, -0.2) is 9.18 Å². The molecule has 5 rings (SSSR count). The molecule has 7 heteroatoms. The molecule has 2 aliphatic rings. The molecule has 2 fully saturated rings. The van der Waals surface area contributed by atoms with Crippen LogP contribution in [-0.4, -0.2) is 57.5 Å². The lowest BCUT2D eigenvalue weighted by Gasteiger charge is -2.42. The Morgan fingerprint density at radius 3 is 2.23 bits per heavy atom. The molecule has 31 heavy (non-hydrogen) atoms. The van der Waals surface area contributed by atoms with E-state index in [1.807, 2.05) is 33.7 Å². The van der Waals surface area contributed by atoms with E-state index in [-0.39, 0.29) is 23.5 Å². The molecule has 1 amide bonds. The number of carbonyl (C=O) groups excluding carboxylic acids is 1. The largest absolute Gasteiger partial charge is 0.339 e. The van der Waals surface area contributed by atoms with Gasteiger partial charge in [0.1, 0.15) is 5.82 Å². The molecule has 3 heterocycles. The number of nitrogens with zero attached hydrogens (tertiary/aromatic N) is 3. The molecule has 0 aliphatic carbocycles. The highest BCUT2D eigenvalue weighted by atomic mass is 19.1. The van der Waals surface area contributed by atoms with Gasteiger partial charge in [-0.3, -0.25) is 9.36 Å². The summed E-state index contributed by atoms with van der Waals surface area (Å²) >= 11 is 0. The number of carbonyl (C=O) groups is 1. The molecule has 6 nitrogen and oxygen atoms in total. The predicted molar refractivity (Wildman–Crippen MR) is 118 cm³/mol. The number of fused-ring (bicyclic) bond motifs is 1. The van der Waals surface area contributed by atoms with Gasteiger partial charge in [-0.1, -0.05) is 12.1 Å². The highest BCUT2D eigenvalue weighted by molar-refractivity contribution is 5.94. The van der Waals surface area contributed by atoms with Gasteiger partial charge in [0.15, 0.2) is 0 Å². The summed E-state index contributed by atoms with van der Waals surface area (Å²) in [6.45, 7) is 3.38. The van der Waals surface area contributed by atoms with Gasteiger partial charge in [-0.2, -0.15) is 0 Å². The SMILES string of the molecule is O=C(c1ccc(F)cc1)N1CCC(N2CCC(n3c(=O)[nH]c4ccccc43)CC2)CC1. The van der Waals surface area contributed by atoms with Crippen LogP contribution in [0.2, 0.25) is 0 Å². The van der Waals surface area contributed by atoms with Gasteiger partial charge in [0, 0.05) is 43.8 Å². The third-order valence-corrected chi connectivity index (χ3v) is 6.85. The van der Waals surface area contributed by atoms with Crippen LogP contribution in [0, 0.1) is 5.82 Å². The fourth-order valence-electron chi connectivity index (χ4n) is 5.16. The topological polar surface area (TPSA) is 61.3 Å². The molecule has 0 bridgehead atoms. The van der Waals surface area contributed by atoms with E-state index in [1.54, 1.807) is 12.1 Å². The van der Waals surface area contributed by atoms with Crippen LogP contribution < -0.4 is 5.69 Å². The van der Waals surface area contributed by atoms with Crippen molar-refractivity contribution in [3.8, 4) is 0 Å². The number of aromatic nitrogens is 2. The normalized spacial score (nSPS) is 19.2. The quantitative estimate of drug-likeness (QED) is 0.704. The zero-order chi connectivity index (χ0) is 21.4. The number of halogens is 1. The van der Waals surface area contributed by atoms with Crippen molar-refractivity contribution >= 4 is 16.9 Å². The summed E-state index contributed by atoms with van der Waals surface area (Å²) in [6, 6.07) is 14.4. The molecule has 0 spiro atoms. The van der Waals surface area contributed by atoms with Gasteiger partial charge in [0.2, 0.25) is 0 Å². The summed E-state index contributed by atoms with van der Waals surface area (Å²) in [6.07, 6.45) is 3.81. The summed E-state index contributed by atoms with van der Waals surface area (Å²) < 4.78 is 15.0. The van der Waals surface area contributed by atoms with E-state index in [2.05, 4.69) is 9.88 Å².